The molecule has 0 aliphatic rings. The van der Waals surface area contributed by atoms with Crippen molar-refractivity contribution in [2.24, 2.45) is 0 Å². The van der Waals surface area contributed by atoms with Gasteiger partial charge < -0.3 is 14.8 Å². The highest BCUT2D eigenvalue weighted by atomic mass is 35.5. The number of nitrogens with zero attached hydrogens (tertiary/aromatic N) is 1. The molecule has 1 heterocycles. The number of H-pyrrole nitrogens is 1. The van der Waals surface area contributed by atoms with Crippen LogP contribution in [0.3, 0.4) is 0 Å². The van der Waals surface area contributed by atoms with E-state index in [0.717, 1.165) is 11.5 Å². The van der Waals surface area contributed by atoms with E-state index in [4.69, 9.17) is 26.3 Å². The van der Waals surface area contributed by atoms with Crippen molar-refractivity contribution in [3.05, 3.63) is 33.1 Å². The van der Waals surface area contributed by atoms with E-state index in [1.165, 1.54) is 14.2 Å². The maximum Gasteiger partial charge on any atom is 0.278 e. The van der Waals surface area contributed by atoms with Crippen LogP contribution < -0.4 is 20.3 Å². The highest BCUT2D eigenvalue weighted by molar-refractivity contribution is 7.10. The predicted octanol–water partition coefficient (Wildman–Crippen LogP) is 2.72. The number of aromatic amines is 1. The lowest BCUT2D eigenvalue weighted by Gasteiger charge is -2.11. The first-order chi connectivity index (χ1) is 9.60. The Balaban J connectivity index is 2.44. The lowest BCUT2D eigenvalue weighted by Crippen LogP contribution is -2.03. The predicted molar refractivity (Wildman–Crippen MR) is 77.5 cm³/mol. The fraction of sp³-hybridized carbons (Fsp3) is 0.167. The van der Waals surface area contributed by atoms with Gasteiger partial charge in [0.2, 0.25) is 0 Å². The first-order valence-electron chi connectivity index (χ1n) is 5.40. The lowest BCUT2D eigenvalue weighted by molar-refractivity contribution is 0.395. The summed E-state index contributed by atoms with van der Waals surface area (Å²) in [7, 11) is 2.97. The number of hydrogen-bond donors (Lipinski definition) is 2. The van der Waals surface area contributed by atoms with E-state index in [9.17, 15) is 4.79 Å². The number of halogens is 1. The Morgan fingerprint density at radius 1 is 1.35 bits per heavy atom. The van der Waals surface area contributed by atoms with Gasteiger partial charge in [0.05, 0.1) is 14.2 Å². The van der Waals surface area contributed by atoms with Gasteiger partial charge in [-0.2, -0.15) is 5.26 Å². The molecule has 0 bridgehead atoms. The van der Waals surface area contributed by atoms with Crippen LogP contribution in [0.2, 0.25) is 5.02 Å². The number of ether oxygens (including phenoxy) is 2. The van der Waals surface area contributed by atoms with Crippen LogP contribution in [-0.4, -0.2) is 18.6 Å². The highest BCUT2D eigenvalue weighted by Crippen LogP contribution is 2.38. The van der Waals surface area contributed by atoms with Crippen LogP contribution in [0.15, 0.2) is 16.9 Å². The standard InChI is InChI=1S/C12H10ClN3O3S/c1-18-8-3-6(4-9(19-2)10(8)13)15-12-7(5-14)11(17)16-20-12/h3-4,15H,1-2H3,(H,16,17). The van der Waals surface area contributed by atoms with Gasteiger partial charge in [-0.3, -0.25) is 9.17 Å². The average Bonchev–Trinajstić information content (AvgIpc) is 2.80. The summed E-state index contributed by atoms with van der Waals surface area (Å²) >= 11 is 7.10. The molecule has 1 aromatic heterocycles. The Labute approximate surface area is 123 Å². The summed E-state index contributed by atoms with van der Waals surface area (Å²) in [5, 5.41) is 12.7. The molecule has 0 radical (unpaired) electrons. The van der Waals surface area contributed by atoms with E-state index in [1.54, 1.807) is 12.1 Å². The van der Waals surface area contributed by atoms with Crippen LogP contribution in [0.1, 0.15) is 5.56 Å². The second-order valence-corrected chi connectivity index (χ2v) is 4.86. The van der Waals surface area contributed by atoms with Crippen molar-refractivity contribution in [3.8, 4) is 17.6 Å². The van der Waals surface area contributed by atoms with E-state index in [-0.39, 0.29) is 5.56 Å². The van der Waals surface area contributed by atoms with Gasteiger partial charge in [0, 0.05) is 17.8 Å². The van der Waals surface area contributed by atoms with Crippen molar-refractivity contribution in [3.63, 3.8) is 0 Å². The zero-order chi connectivity index (χ0) is 14.7. The third kappa shape index (κ3) is 2.57. The van der Waals surface area contributed by atoms with Crippen LogP contribution in [0.4, 0.5) is 10.7 Å². The normalized spacial score (nSPS) is 9.90. The molecule has 0 fully saturated rings. The van der Waals surface area contributed by atoms with E-state index >= 15 is 0 Å². The molecule has 0 amide bonds. The molecule has 20 heavy (non-hydrogen) atoms. The Bertz CT molecular complexity index is 707. The minimum absolute atomic E-state index is 0.0304. The Kier molecular flexibility index (Phi) is 4.17. The van der Waals surface area contributed by atoms with Crippen molar-refractivity contribution >= 4 is 33.8 Å². The van der Waals surface area contributed by atoms with Gasteiger partial charge in [-0.15, -0.1) is 0 Å². The zero-order valence-corrected chi connectivity index (χ0v) is 12.2. The van der Waals surface area contributed by atoms with Crippen LogP contribution in [0.25, 0.3) is 0 Å². The number of nitrogens with one attached hydrogen (secondary N) is 2. The molecule has 0 unspecified atom stereocenters. The molecule has 6 nitrogen and oxygen atoms in total. The van der Waals surface area contributed by atoms with E-state index in [2.05, 4.69) is 9.69 Å². The highest BCUT2D eigenvalue weighted by Gasteiger charge is 2.14. The summed E-state index contributed by atoms with van der Waals surface area (Å²) in [4.78, 5) is 11.4. The second-order valence-electron chi connectivity index (χ2n) is 3.67. The molecule has 2 rings (SSSR count). The van der Waals surface area contributed by atoms with Gasteiger partial charge in [0.1, 0.15) is 27.6 Å². The van der Waals surface area contributed by atoms with Crippen molar-refractivity contribution in [2.45, 2.75) is 0 Å². The molecule has 2 N–H and O–H groups in total. The molecule has 0 atom stereocenters. The van der Waals surface area contributed by atoms with Gasteiger partial charge in [-0.25, -0.2) is 0 Å². The van der Waals surface area contributed by atoms with Gasteiger partial charge in [-0.1, -0.05) is 11.6 Å². The molecular formula is C12H10ClN3O3S. The fourth-order valence-electron chi connectivity index (χ4n) is 1.56. The molecule has 1 aromatic carbocycles. The minimum atomic E-state index is -0.423. The second kappa shape index (κ2) is 5.86. The fourth-order valence-corrected chi connectivity index (χ4v) is 2.53. The summed E-state index contributed by atoms with van der Waals surface area (Å²) in [5.41, 5.74) is 0.200. The number of anilines is 2. The van der Waals surface area contributed by atoms with Crippen LogP contribution in [0, 0.1) is 11.3 Å². The summed E-state index contributed by atoms with van der Waals surface area (Å²) < 4.78 is 12.8. The van der Waals surface area contributed by atoms with Gasteiger partial charge in [-0.05, 0) is 11.5 Å². The minimum Gasteiger partial charge on any atom is -0.495 e. The van der Waals surface area contributed by atoms with Crippen molar-refractivity contribution in [2.75, 3.05) is 19.5 Å². The molecule has 0 spiro atoms. The van der Waals surface area contributed by atoms with E-state index in [0.29, 0.717) is 27.2 Å². The number of aromatic nitrogens is 1. The third-order valence-electron chi connectivity index (χ3n) is 2.52. The molecule has 8 heteroatoms. The molecule has 0 aliphatic carbocycles. The maximum atomic E-state index is 11.4. The summed E-state index contributed by atoms with van der Waals surface area (Å²) in [5.74, 6) is 0.852. The van der Waals surface area contributed by atoms with Crippen LogP contribution >= 0.6 is 23.1 Å². The zero-order valence-electron chi connectivity index (χ0n) is 10.6. The topological polar surface area (TPSA) is 87.1 Å². The third-order valence-corrected chi connectivity index (χ3v) is 3.69. The van der Waals surface area contributed by atoms with Gasteiger partial charge in [0.15, 0.2) is 5.56 Å². The summed E-state index contributed by atoms with van der Waals surface area (Å²) in [6.07, 6.45) is 0. The first-order valence-corrected chi connectivity index (χ1v) is 6.60. The maximum absolute atomic E-state index is 11.4. The van der Waals surface area contributed by atoms with Crippen molar-refractivity contribution in [1.82, 2.24) is 4.37 Å². The lowest BCUT2D eigenvalue weighted by atomic mass is 10.2. The smallest absolute Gasteiger partial charge is 0.278 e. The molecule has 0 saturated heterocycles. The van der Waals surface area contributed by atoms with Crippen LogP contribution in [0.5, 0.6) is 11.5 Å². The van der Waals surface area contributed by atoms with E-state index < -0.39 is 5.56 Å². The van der Waals surface area contributed by atoms with Gasteiger partial charge >= 0.3 is 0 Å². The number of hydrogen-bond acceptors (Lipinski definition) is 6. The SMILES string of the molecule is COc1cc(Nc2s[nH]c(=O)c2C#N)cc(OC)c1Cl. The summed E-state index contributed by atoms with van der Waals surface area (Å²) in [6, 6.07) is 5.15. The molecule has 0 aliphatic heterocycles. The number of methoxy groups -OCH3 is 2. The van der Waals surface area contributed by atoms with Gasteiger partial charge in [0.25, 0.3) is 5.56 Å². The monoisotopic (exact) mass is 311 g/mol. The van der Waals surface area contributed by atoms with Crippen molar-refractivity contribution in [1.29, 1.82) is 5.26 Å². The average molecular weight is 312 g/mol. The molecule has 0 saturated carbocycles. The molecular weight excluding hydrogens is 302 g/mol. The first kappa shape index (κ1) is 14.2. The Hall–Kier alpha value is -2.17. The summed E-state index contributed by atoms with van der Waals surface area (Å²) in [6.45, 7) is 0. The van der Waals surface area contributed by atoms with Crippen molar-refractivity contribution < 1.29 is 9.47 Å². The largest absolute Gasteiger partial charge is 0.495 e. The molecule has 104 valence electrons. The number of rotatable bonds is 4. The Morgan fingerprint density at radius 3 is 2.45 bits per heavy atom. The number of nitriles is 1. The molecule has 2 aromatic rings. The Morgan fingerprint density at radius 2 is 1.95 bits per heavy atom. The van der Waals surface area contributed by atoms with E-state index in [1.807, 2.05) is 6.07 Å². The van der Waals surface area contributed by atoms with Crippen LogP contribution in [-0.2, 0) is 0 Å². The number of benzene rings is 1. The quantitative estimate of drug-likeness (QED) is 0.906.